The van der Waals surface area contributed by atoms with Crippen LogP contribution in [0.1, 0.15) is 12.8 Å². The van der Waals surface area contributed by atoms with Crippen LogP contribution in [0.15, 0.2) is 23.0 Å². The molecule has 16 heavy (non-hydrogen) atoms. The van der Waals surface area contributed by atoms with Crippen LogP contribution in [-0.2, 0) is 0 Å². The maximum absolute atomic E-state index is 5.10. The van der Waals surface area contributed by atoms with Gasteiger partial charge in [0.2, 0.25) is 0 Å². The molecule has 3 rings (SSSR count). The number of rotatable bonds is 2. The maximum Gasteiger partial charge on any atom is 0.172 e. The molecule has 1 aliphatic heterocycles. The van der Waals surface area contributed by atoms with Gasteiger partial charge in [-0.25, -0.2) is 4.98 Å². The van der Waals surface area contributed by atoms with Gasteiger partial charge >= 0.3 is 0 Å². The number of nitrogens with one attached hydrogen (secondary N) is 2. The molecular weight excluding hydrogens is 204 g/mol. The molecule has 0 aliphatic carbocycles. The summed E-state index contributed by atoms with van der Waals surface area (Å²) in [6.07, 6.45) is 5.85. The van der Waals surface area contributed by atoms with E-state index >= 15 is 0 Å². The van der Waals surface area contributed by atoms with Gasteiger partial charge in [-0.3, -0.25) is 0 Å². The van der Waals surface area contributed by atoms with Crippen molar-refractivity contribution in [1.82, 2.24) is 15.5 Å². The normalized spacial score (nSPS) is 21.1. The molecule has 5 nitrogen and oxygen atoms in total. The summed E-state index contributed by atoms with van der Waals surface area (Å²) in [6.45, 7) is 2.11. The average Bonchev–Trinajstić information content (AvgIpc) is 2.77. The van der Waals surface area contributed by atoms with E-state index in [1.807, 2.05) is 6.07 Å². The number of piperidine rings is 1. The van der Waals surface area contributed by atoms with E-state index in [0.29, 0.717) is 6.04 Å². The second-order valence-electron chi connectivity index (χ2n) is 4.12. The molecule has 1 aliphatic rings. The highest BCUT2D eigenvalue weighted by atomic mass is 16.5. The fraction of sp³-hybridized carbons (Fsp3) is 0.455. The second kappa shape index (κ2) is 4.09. The predicted molar refractivity (Wildman–Crippen MR) is 61.3 cm³/mol. The van der Waals surface area contributed by atoms with Crippen molar-refractivity contribution >= 4 is 16.8 Å². The minimum Gasteiger partial charge on any atom is -0.366 e. The molecule has 2 N–H and O–H groups in total. The number of hydrogen-bond donors (Lipinski definition) is 2. The topological polar surface area (TPSA) is 63.0 Å². The molecule has 0 aromatic carbocycles. The van der Waals surface area contributed by atoms with Gasteiger partial charge in [0.05, 0.1) is 11.6 Å². The van der Waals surface area contributed by atoms with E-state index in [4.69, 9.17) is 4.52 Å². The summed E-state index contributed by atoms with van der Waals surface area (Å²) in [5, 5.41) is 11.4. The van der Waals surface area contributed by atoms with E-state index in [2.05, 4.69) is 20.8 Å². The van der Waals surface area contributed by atoms with Crippen LogP contribution >= 0.6 is 0 Å². The Morgan fingerprint density at radius 2 is 2.44 bits per heavy atom. The van der Waals surface area contributed by atoms with Gasteiger partial charge in [0.15, 0.2) is 5.58 Å². The first-order valence-corrected chi connectivity index (χ1v) is 5.59. The summed E-state index contributed by atoms with van der Waals surface area (Å²) in [5.74, 6) is 0.859. The Morgan fingerprint density at radius 3 is 3.31 bits per heavy atom. The lowest BCUT2D eigenvalue weighted by molar-refractivity contribution is 0.456. The van der Waals surface area contributed by atoms with Crippen molar-refractivity contribution in [3.05, 3.63) is 18.5 Å². The van der Waals surface area contributed by atoms with Gasteiger partial charge in [-0.1, -0.05) is 5.16 Å². The molecule has 1 atom stereocenters. The minimum atomic E-state index is 0.460. The zero-order chi connectivity index (χ0) is 10.8. The number of aromatic nitrogens is 2. The first-order chi connectivity index (χ1) is 7.92. The van der Waals surface area contributed by atoms with E-state index in [1.165, 1.54) is 12.8 Å². The van der Waals surface area contributed by atoms with Gasteiger partial charge in [0, 0.05) is 24.8 Å². The van der Waals surface area contributed by atoms with Crippen molar-refractivity contribution in [2.24, 2.45) is 0 Å². The molecule has 0 bridgehead atoms. The number of hydrogen-bond acceptors (Lipinski definition) is 5. The highest BCUT2D eigenvalue weighted by molar-refractivity contribution is 5.77. The Bertz CT molecular complexity index is 476. The van der Waals surface area contributed by atoms with Crippen LogP contribution in [0.3, 0.4) is 0 Å². The summed E-state index contributed by atoms with van der Waals surface area (Å²) in [7, 11) is 0. The van der Waals surface area contributed by atoms with Crippen molar-refractivity contribution in [3.8, 4) is 0 Å². The van der Waals surface area contributed by atoms with E-state index < -0.39 is 0 Å². The third-order valence-corrected chi connectivity index (χ3v) is 2.89. The fourth-order valence-corrected chi connectivity index (χ4v) is 2.03. The Hall–Kier alpha value is -1.62. The standard InChI is InChI=1S/C11H14N4O/c1-2-9(7-12-3-1)15-11-4-10-8(5-13-11)6-14-16-10/h4-6,9,12H,1-3,7H2,(H,13,15). The minimum absolute atomic E-state index is 0.460. The van der Waals surface area contributed by atoms with Crippen LogP contribution in [0.4, 0.5) is 5.82 Å². The molecule has 0 spiro atoms. The number of pyridine rings is 1. The zero-order valence-corrected chi connectivity index (χ0v) is 8.94. The van der Waals surface area contributed by atoms with E-state index in [1.54, 1.807) is 12.4 Å². The maximum atomic E-state index is 5.10. The lowest BCUT2D eigenvalue weighted by Gasteiger charge is -2.24. The van der Waals surface area contributed by atoms with Crippen LogP contribution in [0.5, 0.6) is 0 Å². The SMILES string of the molecule is c1noc2cc(NC3CCCNC3)ncc12. The lowest BCUT2D eigenvalue weighted by Crippen LogP contribution is -2.38. The summed E-state index contributed by atoms with van der Waals surface area (Å²) >= 11 is 0. The monoisotopic (exact) mass is 218 g/mol. The van der Waals surface area contributed by atoms with Gasteiger partial charge in [-0.2, -0.15) is 0 Å². The molecule has 84 valence electrons. The molecule has 0 amide bonds. The van der Waals surface area contributed by atoms with Crippen LogP contribution in [0, 0.1) is 0 Å². The van der Waals surface area contributed by atoms with Crippen molar-refractivity contribution in [1.29, 1.82) is 0 Å². The summed E-state index contributed by atoms with van der Waals surface area (Å²) in [4.78, 5) is 4.33. The van der Waals surface area contributed by atoms with E-state index in [-0.39, 0.29) is 0 Å². The van der Waals surface area contributed by atoms with Crippen molar-refractivity contribution in [2.75, 3.05) is 18.4 Å². The molecule has 0 radical (unpaired) electrons. The van der Waals surface area contributed by atoms with Crippen molar-refractivity contribution < 1.29 is 4.52 Å². The number of nitrogens with zero attached hydrogens (tertiary/aromatic N) is 2. The van der Waals surface area contributed by atoms with Crippen molar-refractivity contribution in [2.45, 2.75) is 18.9 Å². The summed E-state index contributed by atoms with van der Waals surface area (Å²) in [5.41, 5.74) is 0.779. The average molecular weight is 218 g/mol. The van der Waals surface area contributed by atoms with Crippen molar-refractivity contribution in [3.63, 3.8) is 0 Å². The van der Waals surface area contributed by atoms with Crippen LogP contribution in [0.25, 0.3) is 11.0 Å². The van der Waals surface area contributed by atoms with Gasteiger partial charge in [-0.05, 0) is 19.4 Å². The molecular formula is C11H14N4O. The largest absolute Gasteiger partial charge is 0.366 e. The van der Waals surface area contributed by atoms with E-state index in [0.717, 1.165) is 29.9 Å². The molecule has 3 heterocycles. The third kappa shape index (κ3) is 1.86. The Balaban J connectivity index is 1.77. The molecule has 1 saturated heterocycles. The second-order valence-corrected chi connectivity index (χ2v) is 4.12. The Labute approximate surface area is 93.2 Å². The highest BCUT2D eigenvalue weighted by Crippen LogP contribution is 2.17. The number of anilines is 1. The van der Waals surface area contributed by atoms with Crippen LogP contribution in [-0.4, -0.2) is 29.3 Å². The molecule has 2 aromatic heterocycles. The Morgan fingerprint density at radius 1 is 1.44 bits per heavy atom. The van der Waals surface area contributed by atoms with Crippen LogP contribution < -0.4 is 10.6 Å². The van der Waals surface area contributed by atoms with Crippen LogP contribution in [0.2, 0.25) is 0 Å². The fourth-order valence-electron chi connectivity index (χ4n) is 2.03. The molecule has 1 fully saturated rings. The van der Waals surface area contributed by atoms with Gasteiger partial charge in [0.1, 0.15) is 5.82 Å². The third-order valence-electron chi connectivity index (χ3n) is 2.89. The first kappa shape index (κ1) is 9.59. The van der Waals surface area contributed by atoms with E-state index in [9.17, 15) is 0 Å². The first-order valence-electron chi connectivity index (χ1n) is 5.59. The summed E-state index contributed by atoms with van der Waals surface area (Å²) < 4.78 is 5.10. The molecule has 5 heteroatoms. The predicted octanol–water partition coefficient (Wildman–Crippen LogP) is 1.39. The molecule has 0 saturated carbocycles. The van der Waals surface area contributed by atoms with Gasteiger partial charge < -0.3 is 15.2 Å². The lowest BCUT2D eigenvalue weighted by atomic mass is 10.1. The smallest absolute Gasteiger partial charge is 0.172 e. The zero-order valence-electron chi connectivity index (χ0n) is 8.94. The Kier molecular flexibility index (Phi) is 2.46. The number of fused-ring (bicyclic) bond motifs is 1. The summed E-state index contributed by atoms with van der Waals surface area (Å²) in [6, 6.07) is 2.36. The quantitative estimate of drug-likeness (QED) is 0.797. The van der Waals surface area contributed by atoms with Gasteiger partial charge in [0.25, 0.3) is 0 Å². The van der Waals surface area contributed by atoms with Gasteiger partial charge in [-0.15, -0.1) is 0 Å². The molecule has 1 unspecified atom stereocenters. The highest BCUT2D eigenvalue weighted by Gasteiger charge is 2.13. The molecule has 2 aromatic rings.